The van der Waals surface area contributed by atoms with Gasteiger partial charge in [-0.2, -0.15) is 5.26 Å². The summed E-state index contributed by atoms with van der Waals surface area (Å²) >= 11 is 0. The molecule has 1 atom stereocenters. The summed E-state index contributed by atoms with van der Waals surface area (Å²) in [4.78, 5) is 0. The van der Waals surface area contributed by atoms with Crippen LogP contribution in [0.4, 0.5) is 4.39 Å². The molecule has 0 amide bonds. The number of halogens is 1. The van der Waals surface area contributed by atoms with Crippen LogP contribution < -0.4 is 5.32 Å². The molecule has 0 aliphatic carbocycles. The molecule has 1 aromatic carbocycles. The van der Waals surface area contributed by atoms with Crippen molar-refractivity contribution in [1.82, 2.24) is 5.32 Å². The van der Waals surface area contributed by atoms with E-state index in [-0.39, 0.29) is 11.9 Å². The Morgan fingerprint density at radius 1 is 1.44 bits per heavy atom. The topological polar surface area (TPSA) is 35.8 Å². The van der Waals surface area contributed by atoms with E-state index in [1.54, 1.807) is 12.1 Å². The summed E-state index contributed by atoms with van der Waals surface area (Å²) in [5.41, 5.74) is 0.204. The van der Waals surface area contributed by atoms with Gasteiger partial charge < -0.3 is 5.32 Å². The smallest absolute Gasteiger partial charge is 0.127 e. The first kappa shape index (κ1) is 12.7. The van der Waals surface area contributed by atoms with E-state index in [1.165, 1.54) is 6.07 Å². The predicted molar refractivity (Wildman–Crippen MR) is 62.2 cm³/mol. The second kappa shape index (κ2) is 5.09. The van der Waals surface area contributed by atoms with Gasteiger partial charge >= 0.3 is 0 Å². The van der Waals surface area contributed by atoms with Crippen LogP contribution in [0.1, 0.15) is 32.4 Å². The average molecular weight is 220 g/mol. The Morgan fingerprint density at radius 3 is 2.62 bits per heavy atom. The normalized spacial score (nSPS) is 13.2. The molecule has 0 aliphatic rings. The lowest BCUT2D eigenvalue weighted by molar-refractivity contribution is 0.409. The predicted octanol–water partition coefficient (Wildman–Crippen LogP) is 3.03. The van der Waals surface area contributed by atoms with Gasteiger partial charge in [-0.15, -0.1) is 0 Å². The molecule has 2 nitrogen and oxygen atoms in total. The van der Waals surface area contributed by atoms with Gasteiger partial charge in [0, 0.05) is 18.2 Å². The van der Waals surface area contributed by atoms with Gasteiger partial charge in [0.05, 0.1) is 11.5 Å². The molecule has 0 aliphatic heterocycles. The number of benzene rings is 1. The van der Waals surface area contributed by atoms with E-state index < -0.39 is 5.41 Å². The Bertz CT molecular complexity index is 393. The fourth-order valence-corrected chi connectivity index (χ4v) is 1.38. The highest BCUT2D eigenvalue weighted by molar-refractivity contribution is 5.20. The third-order valence-electron chi connectivity index (χ3n) is 2.52. The van der Waals surface area contributed by atoms with Gasteiger partial charge in [0.25, 0.3) is 0 Å². The fourth-order valence-electron chi connectivity index (χ4n) is 1.38. The molecule has 16 heavy (non-hydrogen) atoms. The largest absolute Gasteiger partial charge is 0.309 e. The monoisotopic (exact) mass is 220 g/mol. The summed E-state index contributed by atoms with van der Waals surface area (Å²) < 4.78 is 13.4. The lowest BCUT2D eigenvalue weighted by atomic mass is 9.95. The van der Waals surface area contributed by atoms with E-state index in [1.807, 2.05) is 26.8 Å². The minimum absolute atomic E-state index is 0.0891. The van der Waals surface area contributed by atoms with Crippen molar-refractivity contribution >= 4 is 0 Å². The van der Waals surface area contributed by atoms with Crippen LogP contribution in [0, 0.1) is 22.6 Å². The highest BCUT2D eigenvalue weighted by atomic mass is 19.1. The van der Waals surface area contributed by atoms with E-state index in [0.29, 0.717) is 12.1 Å². The summed E-state index contributed by atoms with van der Waals surface area (Å²) in [5.74, 6) is -0.211. The van der Waals surface area contributed by atoms with Crippen molar-refractivity contribution in [3.05, 3.63) is 35.6 Å². The Hall–Kier alpha value is -1.40. The highest BCUT2D eigenvalue weighted by Crippen LogP contribution is 2.18. The van der Waals surface area contributed by atoms with Crippen molar-refractivity contribution in [2.24, 2.45) is 5.41 Å². The van der Waals surface area contributed by atoms with Gasteiger partial charge in [-0.25, -0.2) is 4.39 Å². The van der Waals surface area contributed by atoms with Crippen LogP contribution in [0.25, 0.3) is 0 Å². The molecule has 0 fully saturated rings. The Kier molecular flexibility index (Phi) is 4.03. The maximum absolute atomic E-state index is 13.4. The van der Waals surface area contributed by atoms with Crippen molar-refractivity contribution in [2.75, 3.05) is 6.54 Å². The van der Waals surface area contributed by atoms with Crippen LogP contribution in [0.3, 0.4) is 0 Å². The van der Waals surface area contributed by atoms with E-state index in [2.05, 4.69) is 11.4 Å². The molecule has 1 rings (SSSR count). The summed E-state index contributed by atoms with van der Waals surface area (Å²) in [5, 5.41) is 12.0. The molecule has 1 aromatic rings. The van der Waals surface area contributed by atoms with Gasteiger partial charge in [-0.1, -0.05) is 18.2 Å². The third kappa shape index (κ3) is 3.32. The van der Waals surface area contributed by atoms with Gasteiger partial charge in [-0.3, -0.25) is 0 Å². The van der Waals surface area contributed by atoms with Gasteiger partial charge in [-0.05, 0) is 26.8 Å². The van der Waals surface area contributed by atoms with Crippen molar-refractivity contribution in [3.63, 3.8) is 0 Å². The molecule has 0 saturated heterocycles. The number of rotatable bonds is 4. The first-order chi connectivity index (χ1) is 7.46. The molecule has 86 valence electrons. The van der Waals surface area contributed by atoms with E-state index in [0.717, 1.165) is 0 Å². The summed E-state index contributed by atoms with van der Waals surface area (Å²) in [7, 11) is 0. The first-order valence-corrected chi connectivity index (χ1v) is 5.35. The molecule has 0 heterocycles. The van der Waals surface area contributed by atoms with Crippen LogP contribution >= 0.6 is 0 Å². The van der Waals surface area contributed by atoms with Crippen molar-refractivity contribution in [1.29, 1.82) is 5.26 Å². The maximum atomic E-state index is 13.4. The van der Waals surface area contributed by atoms with Crippen LogP contribution in [-0.4, -0.2) is 6.54 Å². The number of nitrogens with one attached hydrogen (secondary N) is 1. The molecule has 1 N–H and O–H groups in total. The van der Waals surface area contributed by atoms with Crippen LogP contribution in [0.2, 0.25) is 0 Å². The maximum Gasteiger partial charge on any atom is 0.127 e. The zero-order valence-electron chi connectivity index (χ0n) is 9.92. The summed E-state index contributed by atoms with van der Waals surface area (Å²) in [6.07, 6.45) is 0. The molecule has 0 saturated carbocycles. The second-order valence-corrected chi connectivity index (χ2v) is 4.62. The molecule has 0 radical (unpaired) electrons. The Morgan fingerprint density at radius 2 is 2.06 bits per heavy atom. The van der Waals surface area contributed by atoms with Crippen LogP contribution in [-0.2, 0) is 0 Å². The Labute approximate surface area is 96.1 Å². The number of hydrogen-bond donors (Lipinski definition) is 1. The number of nitrogens with zero attached hydrogens (tertiary/aromatic N) is 1. The van der Waals surface area contributed by atoms with Gasteiger partial charge in [0.15, 0.2) is 0 Å². The SMILES string of the molecule is CC(NCC(C)(C)C#N)c1ccccc1F. The van der Waals surface area contributed by atoms with Crippen LogP contribution in [0.5, 0.6) is 0 Å². The first-order valence-electron chi connectivity index (χ1n) is 5.35. The molecule has 0 aromatic heterocycles. The Balaban J connectivity index is 2.64. The summed E-state index contributed by atoms with van der Waals surface area (Å²) in [6, 6.07) is 8.80. The van der Waals surface area contributed by atoms with Crippen molar-refractivity contribution in [3.8, 4) is 6.07 Å². The third-order valence-corrected chi connectivity index (χ3v) is 2.52. The molecule has 0 bridgehead atoms. The number of nitriles is 1. The zero-order valence-corrected chi connectivity index (χ0v) is 9.92. The minimum atomic E-state index is -0.431. The fraction of sp³-hybridized carbons (Fsp3) is 0.462. The summed E-state index contributed by atoms with van der Waals surface area (Å²) in [6.45, 7) is 6.15. The zero-order chi connectivity index (χ0) is 12.2. The number of hydrogen-bond acceptors (Lipinski definition) is 2. The second-order valence-electron chi connectivity index (χ2n) is 4.62. The van der Waals surface area contributed by atoms with E-state index in [9.17, 15) is 4.39 Å². The quantitative estimate of drug-likeness (QED) is 0.846. The van der Waals surface area contributed by atoms with Gasteiger partial charge in [0.1, 0.15) is 5.82 Å². The van der Waals surface area contributed by atoms with Crippen molar-refractivity contribution < 1.29 is 4.39 Å². The molecule has 0 spiro atoms. The standard InChI is InChI=1S/C13H17FN2/c1-10(16-9-13(2,3)8-15)11-6-4-5-7-12(11)14/h4-7,10,16H,9H2,1-3H3. The van der Waals surface area contributed by atoms with E-state index >= 15 is 0 Å². The van der Waals surface area contributed by atoms with Crippen LogP contribution in [0.15, 0.2) is 24.3 Å². The molecule has 1 unspecified atom stereocenters. The molecule has 3 heteroatoms. The molecular weight excluding hydrogens is 203 g/mol. The van der Waals surface area contributed by atoms with E-state index in [4.69, 9.17) is 5.26 Å². The lowest BCUT2D eigenvalue weighted by Crippen LogP contribution is -2.30. The van der Waals surface area contributed by atoms with Crippen molar-refractivity contribution in [2.45, 2.75) is 26.8 Å². The molecular formula is C13H17FN2. The minimum Gasteiger partial charge on any atom is -0.309 e. The lowest BCUT2D eigenvalue weighted by Gasteiger charge is -2.21. The highest BCUT2D eigenvalue weighted by Gasteiger charge is 2.18. The van der Waals surface area contributed by atoms with Gasteiger partial charge in [0.2, 0.25) is 0 Å². The average Bonchev–Trinajstić information content (AvgIpc) is 2.27.